The third-order valence-corrected chi connectivity index (χ3v) is 3.36. The van der Waals surface area contributed by atoms with Crippen molar-refractivity contribution >= 4 is 21.8 Å². The lowest BCUT2D eigenvalue weighted by molar-refractivity contribution is 0.0264. The van der Waals surface area contributed by atoms with Gasteiger partial charge in [0, 0.05) is 24.0 Å². The van der Waals surface area contributed by atoms with Gasteiger partial charge in [-0.15, -0.1) is 0 Å². The number of hydrogen-bond donors (Lipinski definition) is 3. The number of hydrogen-bond acceptors (Lipinski definition) is 4. The topological polar surface area (TPSA) is 78.8 Å². The lowest BCUT2D eigenvalue weighted by Crippen LogP contribution is -2.43. The first-order chi connectivity index (χ1) is 8.50. The fraction of sp³-hybridized carbons (Fsp3) is 0.417. The standard InChI is InChI=1S/C12H14BrNO4/c13-8-1-2-10(15)9(5-8)11(16)14-6-12(17)3-4-18-7-12/h1-2,5,15,17H,3-4,6-7H2,(H,14,16). The maximum atomic E-state index is 11.9. The van der Waals surface area contributed by atoms with Crippen LogP contribution in [0, 0.1) is 0 Å². The van der Waals surface area contributed by atoms with Crippen molar-refractivity contribution in [3.05, 3.63) is 28.2 Å². The molecule has 0 aromatic heterocycles. The number of rotatable bonds is 3. The summed E-state index contributed by atoms with van der Waals surface area (Å²) < 4.78 is 5.78. The Bertz CT molecular complexity index is 457. The highest BCUT2D eigenvalue weighted by Gasteiger charge is 2.32. The van der Waals surface area contributed by atoms with Gasteiger partial charge < -0.3 is 20.3 Å². The van der Waals surface area contributed by atoms with Crippen LogP contribution in [-0.2, 0) is 4.74 Å². The van der Waals surface area contributed by atoms with Crippen molar-refractivity contribution in [2.45, 2.75) is 12.0 Å². The number of amides is 1. The van der Waals surface area contributed by atoms with Gasteiger partial charge in [0.15, 0.2) is 0 Å². The molecule has 98 valence electrons. The lowest BCUT2D eigenvalue weighted by atomic mass is 10.0. The molecule has 1 aromatic rings. The Labute approximate surface area is 113 Å². The summed E-state index contributed by atoms with van der Waals surface area (Å²) in [4.78, 5) is 11.9. The molecule has 0 bridgehead atoms. The van der Waals surface area contributed by atoms with Crippen LogP contribution in [0.25, 0.3) is 0 Å². The van der Waals surface area contributed by atoms with Gasteiger partial charge in [0.2, 0.25) is 0 Å². The van der Waals surface area contributed by atoms with E-state index in [9.17, 15) is 15.0 Å². The van der Waals surface area contributed by atoms with E-state index in [0.717, 1.165) is 0 Å². The number of halogens is 1. The third-order valence-electron chi connectivity index (χ3n) is 2.86. The second-order valence-corrected chi connectivity index (χ2v) is 5.29. The first-order valence-corrected chi connectivity index (χ1v) is 6.36. The van der Waals surface area contributed by atoms with Crippen LogP contribution in [0.5, 0.6) is 5.75 Å². The van der Waals surface area contributed by atoms with Crippen LogP contribution in [0.4, 0.5) is 0 Å². The molecule has 1 amide bonds. The van der Waals surface area contributed by atoms with Crippen molar-refractivity contribution in [2.24, 2.45) is 0 Å². The summed E-state index contributed by atoms with van der Waals surface area (Å²) in [6.45, 7) is 0.823. The van der Waals surface area contributed by atoms with E-state index in [1.54, 1.807) is 6.07 Å². The van der Waals surface area contributed by atoms with E-state index in [0.29, 0.717) is 17.5 Å². The molecular weight excluding hydrogens is 302 g/mol. The number of benzene rings is 1. The Morgan fingerprint density at radius 2 is 2.33 bits per heavy atom. The van der Waals surface area contributed by atoms with Crippen LogP contribution < -0.4 is 5.32 Å². The fourth-order valence-electron chi connectivity index (χ4n) is 1.77. The van der Waals surface area contributed by atoms with Gasteiger partial charge in [-0.3, -0.25) is 4.79 Å². The van der Waals surface area contributed by atoms with Gasteiger partial charge in [-0.25, -0.2) is 0 Å². The second kappa shape index (κ2) is 5.26. The first kappa shape index (κ1) is 13.3. The highest BCUT2D eigenvalue weighted by molar-refractivity contribution is 9.10. The molecule has 1 fully saturated rings. The molecule has 0 saturated carbocycles. The number of carbonyl (C=O) groups excluding carboxylic acids is 1. The summed E-state index contributed by atoms with van der Waals surface area (Å²) in [5.74, 6) is -0.514. The molecule has 0 radical (unpaired) electrons. The molecule has 0 spiro atoms. The number of ether oxygens (including phenoxy) is 1. The van der Waals surface area contributed by atoms with Crippen molar-refractivity contribution in [1.29, 1.82) is 0 Å². The van der Waals surface area contributed by atoms with E-state index in [1.807, 2.05) is 0 Å². The smallest absolute Gasteiger partial charge is 0.255 e. The van der Waals surface area contributed by atoms with Gasteiger partial charge in [-0.1, -0.05) is 15.9 Å². The maximum absolute atomic E-state index is 11.9. The zero-order chi connectivity index (χ0) is 13.2. The SMILES string of the molecule is O=C(NCC1(O)CCOC1)c1cc(Br)ccc1O. The predicted molar refractivity (Wildman–Crippen MR) is 68.5 cm³/mol. The Morgan fingerprint density at radius 3 is 3.00 bits per heavy atom. The van der Waals surface area contributed by atoms with E-state index in [4.69, 9.17) is 4.74 Å². The monoisotopic (exact) mass is 315 g/mol. The third kappa shape index (κ3) is 3.01. The molecule has 2 rings (SSSR count). The molecule has 18 heavy (non-hydrogen) atoms. The molecule has 6 heteroatoms. The molecule has 1 unspecified atom stereocenters. The van der Waals surface area contributed by atoms with Crippen LogP contribution in [0.3, 0.4) is 0 Å². The highest BCUT2D eigenvalue weighted by atomic mass is 79.9. The van der Waals surface area contributed by atoms with Crippen LogP contribution >= 0.6 is 15.9 Å². The van der Waals surface area contributed by atoms with Crippen molar-refractivity contribution in [1.82, 2.24) is 5.32 Å². The Morgan fingerprint density at radius 1 is 1.56 bits per heavy atom. The van der Waals surface area contributed by atoms with E-state index >= 15 is 0 Å². The summed E-state index contributed by atoms with van der Waals surface area (Å²) in [6.07, 6.45) is 0.498. The average Bonchev–Trinajstić information content (AvgIpc) is 2.77. The summed E-state index contributed by atoms with van der Waals surface area (Å²) >= 11 is 3.23. The van der Waals surface area contributed by atoms with Gasteiger partial charge in [0.1, 0.15) is 11.4 Å². The maximum Gasteiger partial charge on any atom is 0.255 e. The van der Waals surface area contributed by atoms with Crippen LogP contribution in [0.15, 0.2) is 22.7 Å². The summed E-state index contributed by atoms with van der Waals surface area (Å²) in [6, 6.07) is 4.61. The van der Waals surface area contributed by atoms with Gasteiger partial charge in [-0.05, 0) is 18.2 Å². The normalized spacial score (nSPS) is 23.0. The Kier molecular flexibility index (Phi) is 3.89. The Hall–Kier alpha value is -1.11. The predicted octanol–water partition coefficient (Wildman–Crippen LogP) is 1.04. The molecule has 5 nitrogen and oxygen atoms in total. The van der Waals surface area contributed by atoms with E-state index in [-0.39, 0.29) is 24.5 Å². The molecule has 1 atom stereocenters. The van der Waals surface area contributed by atoms with E-state index in [1.165, 1.54) is 12.1 Å². The molecule has 1 heterocycles. The first-order valence-electron chi connectivity index (χ1n) is 5.57. The van der Waals surface area contributed by atoms with Gasteiger partial charge in [0.25, 0.3) is 5.91 Å². The summed E-state index contributed by atoms with van der Waals surface area (Å²) in [7, 11) is 0. The zero-order valence-corrected chi connectivity index (χ0v) is 11.2. The van der Waals surface area contributed by atoms with Gasteiger partial charge >= 0.3 is 0 Å². The summed E-state index contributed by atoms with van der Waals surface area (Å²) in [5.41, 5.74) is -0.830. The molecule has 3 N–H and O–H groups in total. The minimum absolute atomic E-state index is 0.0923. The van der Waals surface area contributed by atoms with Crippen LogP contribution in [0.1, 0.15) is 16.8 Å². The molecule has 1 aliphatic heterocycles. The molecular formula is C12H14BrNO4. The highest BCUT2D eigenvalue weighted by Crippen LogP contribution is 2.22. The minimum atomic E-state index is -1.00. The number of carbonyl (C=O) groups is 1. The lowest BCUT2D eigenvalue weighted by Gasteiger charge is -2.20. The quantitative estimate of drug-likeness (QED) is 0.778. The number of aromatic hydroxyl groups is 1. The minimum Gasteiger partial charge on any atom is -0.507 e. The van der Waals surface area contributed by atoms with Crippen molar-refractivity contribution < 1.29 is 19.7 Å². The number of nitrogens with one attached hydrogen (secondary N) is 1. The number of phenols is 1. The van der Waals surface area contributed by atoms with E-state index < -0.39 is 11.5 Å². The van der Waals surface area contributed by atoms with Crippen LogP contribution in [-0.4, -0.2) is 41.5 Å². The van der Waals surface area contributed by atoms with Gasteiger partial charge in [-0.2, -0.15) is 0 Å². The van der Waals surface area contributed by atoms with Gasteiger partial charge in [0.05, 0.1) is 12.2 Å². The van der Waals surface area contributed by atoms with Crippen LogP contribution in [0.2, 0.25) is 0 Å². The second-order valence-electron chi connectivity index (χ2n) is 4.37. The van der Waals surface area contributed by atoms with E-state index in [2.05, 4.69) is 21.2 Å². The molecule has 1 saturated heterocycles. The van der Waals surface area contributed by atoms with Crippen molar-refractivity contribution in [2.75, 3.05) is 19.8 Å². The van der Waals surface area contributed by atoms with Crippen molar-refractivity contribution in [3.63, 3.8) is 0 Å². The Balaban J connectivity index is 2.01. The van der Waals surface area contributed by atoms with Crippen molar-refractivity contribution in [3.8, 4) is 5.75 Å². The number of aliphatic hydroxyl groups is 1. The average molecular weight is 316 g/mol. The fourth-order valence-corrected chi connectivity index (χ4v) is 2.13. The molecule has 0 aliphatic carbocycles. The zero-order valence-electron chi connectivity index (χ0n) is 9.65. The molecule has 1 aromatic carbocycles. The summed E-state index contributed by atoms with van der Waals surface area (Å²) in [5, 5.41) is 22.2. The number of phenolic OH excluding ortho intramolecular Hbond substituents is 1. The largest absolute Gasteiger partial charge is 0.507 e. The molecule has 1 aliphatic rings.